The Labute approximate surface area is 168 Å². The van der Waals surface area contributed by atoms with E-state index < -0.39 is 0 Å². The Kier molecular flexibility index (Phi) is 11.5. The van der Waals surface area contributed by atoms with Crippen LogP contribution in [0.5, 0.6) is 0 Å². The molecule has 0 aliphatic heterocycles. The molecule has 0 bridgehead atoms. The molecule has 1 saturated carbocycles. The minimum Gasteiger partial charge on any atom is -0.515 e. The molecule has 1 aliphatic carbocycles. The third-order valence-electron chi connectivity index (χ3n) is 3.48. The van der Waals surface area contributed by atoms with Gasteiger partial charge in [0.1, 0.15) is 0 Å². The van der Waals surface area contributed by atoms with Crippen molar-refractivity contribution >= 4 is 17.0 Å². The average molecular weight is 445 g/mol. The first kappa shape index (κ1) is 20.9. The molecule has 0 heterocycles. The first-order chi connectivity index (χ1) is 9.70. The van der Waals surface area contributed by atoms with Crippen LogP contribution in [0.2, 0.25) is 0 Å². The van der Waals surface area contributed by atoms with Gasteiger partial charge in [0.15, 0.2) is 0 Å². The van der Waals surface area contributed by atoms with Crippen LogP contribution >= 0.6 is 0 Å². The summed E-state index contributed by atoms with van der Waals surface area (Å²) in [4.78, 5) is 4.77. The molecule has 1 N–H and O–H groups in total. The van der Waals surface area contributed by atoms with Gasteiger partial charge in [0, 0.05) is 58.2 Å². The van der Waals surface area contributed by atoms with Gasteiger partial charge >= 0.3 is 0 Å². The molecule has 0 saturated heterocycles. The summed E-state index contributed by atoms with van der Waals surface area (Å²) >= 11 is 0. The summed E-state index contributed by atoms with van der Waals surface area (Å²) in [5, 5.41) is 9.14. The standard InChI is InChI=1S/C16H20NO.C2H6.Yb/c1-12-7-9-14(10-8-12)17-16-6-4-3-5-15(16)13(2)11-18;1-2;/h3-6,11,18H,7-10H2,1-2H3;1-2H3;/q-1;;. The number of hydrogen-bond acceptors (Lipinski definition) is 2. The zero-order valence-corrected chi connectivity index (χ0v) is 15.1. The van der Waals surface area contributed by atoms with Crippen LogP contribution in [0.1, 0.15) is 58.9 Å². The molecule has 0 unspecified atom stereocenters. The first-order valence-electron chi connectivity index (χ1n) is 7.49. The van der Waals surface area contributed by atoms with E-state index in [1.807, 2.05) is 45.0 Å². The molecule has 0 amide bonds. The predicted octanol–water partition coefficient (Wildman–Crippen LogP) is 5.87. The quantitative estimate of drug-likeness (QED) is 0.448. The fraction of sp³-hybridized carbons (Fsp3) is 0.444. The Morgan fingerprint density at radius 1 is 1.19 bits per heavy atom. The number of allylic oxidation sites excluding steroid dienone is 1. The largest absolute Gasteiger partial charge is 0.515 e. The van der Waals surface area contributed by atoms with Crippen molar-refractivity contribution in [2.24, 2.45) is 4.99 Å². The maximum Gasteiger partial charge on any atom is 0.0827 e. The van der Waals surface area contributed by atoms with E-state index in [0.29, 0.717) is 0 Å². The molecule has 0 spiro atoms. The second-order valence-corrected chi connectivity index (χ2v) is 4.96. The number of rotatable bonds is 2. The zero-order chi connectivity index (χ0) is 15.0. The molecule has 3 heteroatoms. The van der Waals surface area contributed by atoms with E-state index in [1.165, 1.54) is 5.71 Å². The molecule has 1 aromatic rings. The fourth-order valence-electron chi connectivity index (χ4n) is 2.22. The summed E-state index contributed by atoms with van der Waals surface area (Å²) in [6.07, 6.45) is 5.62. The van der Waals surface area contributed by atoms with Gasteiger partial charge in [-0.2, -0.15) is 19.8 Å². The van der Waals surface area contributed by atoms with Gasteiger partial charge in [-0.3, -0.25) is 4.99 Å². The molecule has 1 fully saturated rings. The van der Waals surface area contributed by atoms with Crippen LogP contribution < -0.4 is 0 Å². The van der Waals surface area contributed by atoms with Crippen molar-refractivity contribution < 1.29 is 52.0 Å². The number of hydrogen-bond donors (Lipinski definition) is 1. The normalized spacial score (nSPS) is 15.6. The number of aliphatic hydroxyl groups excluding tert-OH is 1. The topological polar surface area (TPSA) is 32.6 Å². The van der Waals surface area contributed by atoms with Gasteiger partial charge in [0.2, 0.25) is 0 Å². The molecule has 2 nitrogen and oxygen atoms in total. The minimum absolute atomic E-state index is 0. The second-order valence-electron chi connectivity index (χ2n) is 4.96. The summed E-state index contributed by atoms with van der Waals surface area (Å²) in [6, 6.07) is 7.99. The smallest absolute Gasteiger partial charge is 0.0827 e. The number of para-hydroxylation sites is 1. The summed E-state index contributed by atoms with van der Waals surface area (Å²) in [5.41, 5.74) is 4.11. The van der Waals surface area contributed by atoms with Gasteiger partial charge in [-0.25, -0.2) is 0 Å². The van der Waals surface area contributed by atoms with E-state index in [4.69, 9.17) is 10.1 Å². The second kappa shape index (κ2) is 11.5. The predicted molar refractivity (Wildman–Crippen MR) is 88.5 cm³/mol. The molecule has 0 aromatic heterocycles. The third-order valence-corrected chi connectivity index (χ3v) is 3.48. The van der Waals surface area contributed by atoms with E-state index in [-0.39, 0.29) is 46.9 Å². The molecular formula is C18H26NOYb-. The van der Waals surface area contributed by atoms with Gasteiger partial charge in [-0.15, -0.1) is 0 Å². The minimum atomic E-state index is 0. The van der Waals surface area contributed by atoms with E-state index in [9.17, 15) is 0 Å². The van der Waals surface area contributed by atoms with Crippen LogP contribution in [0.4, 0.5) is 5.69 Å². The summed E-state index contributed by atoms with van der Waals surface area (Å²) in [7, 11) is 0. The Balaban J connectivity index is 0.00000128. The molecular weight excluding hydrogens is 419 g/mol. The molecule has 124 valence electrons. The monoisotopic (exact) mass is 446 g/mol. The molecule has 21 heavy (non-hydrogen) atoms. The average Bonchev–Trinajstić information content (AvgIpc) is 2.51. The Bertz CT molecular complexity index is 470. The van der Waals surface area contributed by atoms with Crippen LogP contribution in [-0.4, -0.2) is 10.8 Å². The number of aliphatic imine (C=N–C) groups is 1. The van der Waals surface area contributed by atoms with Gasteiger partial charge in [-0.05, 0) is 31.4 Å². The van der Waals surface area contributed by atoms with Gasteiger partial charge in [0.25, 0.3) is 0 Å². The van der Waals surface area contributed by atoms with Crippen molar-refractivity contribution in [3.63, 3.8) is 0 Å². The first-order valence-corrected chi connectivity index (χ1v) is 7.49. The number of benzene rings is 1. The van der Waals surface area contributed by atoms with Crippen molar-refractivity contribution in [1.82, 2.24) is 0 Å². The van der Waals surface area contributed by atoms with Crippen LogP contribution in [0, 0.1) is 52.8 Å². The maximum atomic E-state index is 9.14. The molecule has 0 atom stereocenters. The summed E-state index contributed by atoms with van der Waals surface area (Å²) in [5.74, 6) is 1.58. The van der Waals surface area contributed by atoms with Crippen LogP contribution in [0.15, 0.2) is 35.5 Å². The summed E-state index contributed by atoms with van der Waals surface area (Å²) < 4.78 is 0. The van der Waals surface area contributed by atoms with Crippen molar-refractivity contribution in [3.05, 3.63) is 42.0 Å². The number of aliphatic hydroxyl groups is 1. The van der Waals surface area contributed by atoms with E-state index in [1.54, 1.807) is 5.92 Å². The van der Waals surface area contributed by atoms with Crippen molar-refractivity contribution in [2.75, 3.05) is 0 Å². The van der Waals surface area contributed by atoms with Gasteiger partial charge in [-0.1, -0.05) is 32.0 Å². The van der Waals surface area contributed by atoms with Crippen molar-refractivity contribution in [3.8, 4) is 0 Å². The molecule has 0 radical (unpaired) electrons. The zero-order valence-electron chi connectivity index (χ0n) is 13.4. The van der Waals surface area contributed by atoms with Crippen LogP contribution in [0.25, 0.3) is 5.57 Å². The SMILES string of the molecule is CC.CC(=CO)c1ccccc1N=C1CC[C-](C)CC1.[Yb]. The van der Waals surface area contributed by atoms with Crippen molar-refractivity contribution in [2.45, 2.75) is 53.4 Å². The number of nitrogens with zero attached hydrogens (tertiary/aromatic N) is 1. The van der Waals surface area contributed by atoms with Gasteiger partial charge < -0.3 is 11.0 Å². The van der Waals surface area contributed by atoms with E-state index in [0.717, 1.165) is 48.8 Å². The van der Waals surface area contributed by atoms with Crippen molar-refractivity contribution in [1.29, 1.82) is 0 Å². The fourth-order valence-corrected chi connectivity index (χ4v) is 2.22. The third kappa shape index (κ3) is 6.71. The molecule has 2 rings (SSSR count). The van der Waals surface area contributed by atoms with Crippen LogP contribution in [-0.2, 0) is 0 Å². The van der Waals surface area contributed by atoms with Gasteiger partial charge in [0.05, 0.1) is 11.9 Å². The molecule has 1 aromatic carbocycles. The Morgan fingerprint density at radius 2 is 1.76 bits per heavy atom. The Morgan fingerprint density at radius 3 is 2.33 bits per heavy atom. The van der Waals surface area contributed by atoms with E-state index in [2.05, 4.69) is 6.92 Å². The summed E-state index contributed by atoms with van der Waals surface area (Å²) in [6.45, 7) is 8.13. The van der Waals surface area contributed by atoms with E-state index >= 15 is 0 Å². The maximum absolute atomic E-state index is 9.14. The molecule has 1 aliphatic rings. The Hall–Kier alpha value is -0.0505. The van der Waals surface area contributed by atoms with Crippen LogP contribution in [0.3, 0.4) is 0 Å².